The molecule has 0 radical (unpaired) electrons. The van der Waals surface area contributed by atoms with Crippen molar-refractivity contribution in [1.82, 2.24) is 0 Å². The smallest absolute Gasteiger partial charge is 0.159 e. The number of hydrogen-bond acceptors (Lipinski definition) is 1. The maximum atomic E-state index is 12.7. The predicted molar refractivity (Wildman–Crippen MR) is 49.2 cm³/mol. The van der Waals surface area contributed by atoms with Gasteiger partial charge in [0.25, 0.3) is 0 Å². The molecule has 3 heteroatoms. The highest BCUT2D eigenvalue weighted by Gasteiger charge is 2.03. The Hall–Kier alpha value is -1.22. The maximum Gasteiger partial charge on any atom is 0.159 e. The number of benzene rings is 1. The Balaban J connectivity index is 3.08. The third-order valence-electron chi connectivity index (χ3n) is 1.74. The van der Waals surface area contributed by atoms with Gasteiger partial charge < -0.3 is 5.73 Å². The summed E-state index contributed by atoms with van der Waals surface area (Å²) in [5.41, 5.74) is 6.59. The van der Waals surface area contributed by atoms with Crippen LogP contribution in [-0.4, -0.2) is 6.54 Å². The number of halogens is 2. The quantitative estimate of drug-likeness (QED) is 0.747. The second kappa shape index (κ2) is 4.14. The minimum atomic E-state index is -0.831. The second-order valence-corrected chi connectivity index (χ2v) is 2.76. The zero-order valence-corrected chi connectivity index (χ0v) is 7.35. The lowest BCUT2D eigenvalue weighted by atomic mass is 10.1. The van der Waals surface area contributed by atoms with E-state index in [-0.39, 0.29) is 0 Å². The first kappa shape index (κ1) is 9.86. The van der Waals surface area contributed by atoms with Crippen LogP contribution in [0.5, 0.6) is 0 Å². The lowest BCUT2D eigenvalue weighted by Gasteiger charge is -2.01. The van der Waals surface area contributed by atoms with E-state index in [9.17, 15) is 8.78 Å². The van der Waals surface area contributed by atoms with Gasteiger partial charge in [0.2, 0.25) is 0 Å². The largest absolute Gasteiger partial charge is 0.327 e. The highest BCUT2D eigenvalue weighted by molar-refractivity contribution is 5.53. The van der Waals surface area contributed by atoms with Gasteiger partial charge in [-0.3, -0.25) is 0 Å². The Labute approximate surface area is 75.9 Å². The Kier molecular flexibility index (Phi) is 3.14. The van der Waals surface area contributed by atoms with E-state index in [0.717, 1.165) is 6.07 Å². The lowest BCUT2D eigenvalue weighted by molar-refractivity contribution is 0.507. The summed E-state index contributed by atoms with van der Waals surface area (Å²) in [6.07, 6.45) is 3.37. The maximum absolute atomic E-state index is 12.7. The number of nitrogens with two attached hydrogens (primary N) is 1. The summed E-state index contributed by atoms with van der Waals surface area (Å²) in [5, 5.41) is 0. The molecule has 1 aromatic carbocycles. The molecule has 0 spiro atoms. The van der Waals surface area contributed by atoms with Crippen LogP contribution < -0.4 is 5.73 Å². The molecule has 1 aromatic rings. The lowest BCUT2D eigenvalue weighted by Crippen LogP contribution is -1.93. The monoisotopic (exact) mass is 183 g/mol. The van der Waals surface area contributed by atoms with Crippen LogP contribution in [0.1, 0.15) is 11.1 Å². The van der Waals surface area contributed by atoms with Gasteiger partial charge in [0.15, 0.2) is 11.6 Å². The van der Waals surface area contributed by atoms with Gasteiger partial charge in [-0.25, -0.2) is 8.78 Å². The summed E-state index contributed by atoms with van der Waals surface area (Å²) in [6, 6.07) is 2.34. The van der Waals surface area contributed by atoms with Crippen LogP contribution in [0.3, 0.4) is 0 Å². The first-order valence-corrected chi connectivity index (χ1v) is 3.97. The minimum absolute atomic E-state index is 0.387. The predicted octanol–water partition coefficient (Wildman–Crippen LogP) is 2.25. The Morgan fingerprint density at radius 3 is 2.54 bits per heavy atom. The summed E-state index contributed by atoms with van der Waals surface area (Å²) < 4.78 is 25.4. The molecule has 0 saturated heterocycles. The van der Waals surface area contributed by atoms with Gasteiger partial charge in [0, 0.05) is 6.54 Å². The van der Waals surface area contributed by atoms with E-state index in [1.165, 1.54) is 6.07 Å². The van der Waals surface area contributed by atoms with Crippen molar-refractivity contribution in [3.8, 4) is 0 Å². The molecule has 0 fully saturated rings. The molecule has 70 valence electrons. The van der Waals surface area contributed by atoms with Gasteiger partial charge in [-0.1, -0.05) is 12.2 Å². The van der Waals surface area contributed by atoms with Gasteiger partial charge in [-0.15, -0.1) is 0 Å². The van der Waals surface area contributed by atoms with Crippen molar-refractivity contribution in [1.29, 1.82) is 0 Å². The molecule has 0 heterocycles. The molecule has 13 heavy (non-hydrogen) atoms. The summed E-state index contributed by atoms with van der Waals surface area (Å²) in [4.78, 5) is 0. The van der Waals surface area contributed by atoms with Crippen LogP contribution in [0.2, 0.25) is 0 Å². The van der Waals surface area contributed by atoms with E-state index < -0.39 is 11.6 Å². The van der Waals surface area contributed by atoms with Crippen LogP contribution in [0.25, 0.3) is 6.08 Å². The van der Waals surface area contributed by atoms with Crippen molar-refractivity contribution in [2.45, 2.75) is 6.92 Å². The standard InChI is InChI=1S/C10H11F2N/c1-7-5-9(11)10(12)6-8(7)3-2-4-13/h2-3,5-6H,4,13H2,1H3/b3-2+. The molecular weight excluding hydrogens is 172 g/mol. The normalized spacial score (nSPS) is 11.1. The minimum Gasteiger partial charge on any atom is -0.327 e. The fourth-order valence-corrected chi connectivity index (χ4v) is 1.04. The highest BCUT2D eigenvalue weighted by atomic mass is 19.2. The van der Waals surface area contributed by atoms with E-state index >= 15 is 0 Å². The first-order valence-electron chi connectivity index (χ1n) is 3.97. The van der Waals surface area contributed by atoms with Crippen molar-refractivity contribution in [2.75, 3.05) is 6.54 Å². The third kappa shape index (κ3) is 2.36. The molecule has 0 aromatic heterocycles. The molecule has 0 aliphatic carbocycles. The summed E-state index contributed by atoms with van der Waals surface area (Å²) in [7, 11) is 0. The Morgan fingerprint density at radius 1 is 1.31 bits per heavy atom. The van der Waals surface area contributed by atoms with E-state index in [0.29, 0.717) is 17.7 Å². The van der Waals surface area contributed by atoms with E-state index in [4.69, 9.17) is 5.73 Å². The summed E-state index contributed by atoms with van der Waals surface area (Å²) >= 11 is 0. The average Bonchev–Trinajstić information content (AvgIpc) is 2.09. The van der Waals surface area contributed by atoms with Crippen molar-refractivity contribution in [2.24, 2.45) is 5.73 Å². The molecule has 0 amide bonds. The van der Waals surface area contributed by atoms with Crippen molar-refractivity contribution in [3.63, 3.8) is 0 Å². The number of rotatable bonds is 2. The first-order chi connectivity index (χ1) is 6.15. The molecule has 1 rings (SSSR count). The van der Waals surface area contributed by atoms with Gasteiger partial charge in [0.1, 0.15) is 0 Å². The van der Waals surface area contributed by atoms with Gasteiger partial charge in [-0.05, 0) is 30.2 Å². The van der Waals surface area contributed by atoms with Gasteiger partial charge >= 0.3 is 0 Å². The zero-order chi connectivity index (χ0) is 9.84. The van der Waals surface area contributed by atoms with Crippen LogP contribution in [0, 0.1) is 18.6 Å². The molecule has 0 bridgehead atoms. The third-order valence-corrected chi connectivity index (χ3v) is 1.74. The second-order valence-electron chi connectivity index (χ2n) is 2.76. The van der Waals surface area contributed by atoms with Crippen LogP contribution in [0.15, 0.2) is 18.2 Å². The van der Waals surface area contributed by atoms with E-state index in [1.807, 2.05) is 0 Å². The molecule has 0 atom stereocenters. The molecule has 0 saturated carbocycles. The molecule has 0 aliphatic rings. The summed E-state index contributed by atoms with van der Waals surface area (Å²) in [5.74, 6) is -1.65. The number of hydrogen-bond donors (Lipinski definition) is 1. The van der Waals surface area contributed by atoms with Crippen molar-refractivity contribution >= 4 is 6.08 Å². The molecular formula is C10H11F2N. The van der Waals surface area contributed by atoms with Crippen LogP contribution >= 0.6 is 0 Å². The average molecular weight is 183 g/mol. The Bertz CT molecular complexity index is 332. The van der Waals surface area contributed by atoms with Gasteiger partial charge in [0.05, 0.1) is 0 Å². The van der Waals surface area contributed by atoms with Crippen LogP contribution in [-0.2, 0) is 0 Å². The zero-order valence-electron chi connectivity index (χ0n) is 7.35. The van der Waals surface area contributed by atoms with E-state index in [2.05, 4.69) is 0 Å². The topological polar surface area (TPSA) is 26.0 Å². The van der Waals surface area contributed by atoms with E-state index in [1.54, 1.807) is 19.1 Å². The van der Waals surface area contributed by atoms with Crippen molar-refractivity contribution in [3.05, 3.63) is 41.0 Å². The molecule has 0 aliphatic heterocycles. The fourth-order valence-electron chi connectivity index (χ4n) is 1.04. The van der Waals surface area contributed by atoms with Crippen molar-refractivity contribution < 1.29 is 8.78 Å². The number of aryl methyl sites for hydroxylation is 1. The fraction of sp³-hybridized carbons (Fsp3) is 0.200. The molecule has 0 unspecified atom stereocenters. The Morgan fingerprint density at radius 2 is 1.92 bits per heavy atom. The SMILES string of the molecule is Cc1cc(F)c(F)cc1/C=C/CN. The molecule has 2 N–H and O–H groups in total. The van der Waals surface area contributed by atoms with Crippen LogP contribution in [0.4, 0.5) is 8.78 Å². The highest BCUT2D eigenvalue weighted by Crippen LogP contribution is 2.15. The summed E-state index contributed by atoms with van der Waals surface area (Å²) in [6.45, 7) is 2.11. The van der Waals surface area contributed by atoms with Gasteiger partial charge in [-0.2, -0.15) is 0 Å². The molecule has 1 nitrogen and oxygen atoms in total.